The number of methoxy groups -OCH3 is 1. The predicted molar refractivity (Wildman–Crippen MR) is 107 cm³/mol. The number of amides is 2. The van der Waals surface area contributed by atoms with Crippen LogP contribution in [0.2, 0.25) is 0 Å². The fraction of sp³-hybridized carbons (Fsp3) is 0.250. The summed E-state index contributed by atoms with van der Waals surface area (Å²) in [6.45, 7) is -0.747. The molecule has 0 spiro atoms. The third-order valence-corrected chi connectivity index (χ3v) is 6.06. The van der Waals surface area contributed by atoms with Gasteiger partial charge in [0.1, 0.15) is 12.3 Å². The van der Waals surface area contributed by atoms with Crippen molar-refractivity contribution in [3.05, 3.63) is 65.7 Å². The van der Waals surface area contributed by atoms with Gasteiger partial charge < -0.3 is 15.4 Å². The molecule has 0 radical (unpaired) electrons. The standard InChI is InChI=1S/C20H21N3O5S/c1-28-17-9-7-15(8-10-17)14-29(26,27)18(20(25)22-12-11-21)13-23-19(24)16-5-3-2-4-6-16/h2-10,18H,12-14H2,1H3,(H,22,25)(H,23,24). The smallest absolute Gasteiger partial charge is 0.251 e. The third-order valence-electron chi connectivity index (χ3n) is 4.08. The average Bonchev–Trinajstić information content (AvgIpc) is 2.73. The summed E-state index contributed by atoms with van der Waals surface area (Å²) in [5.41, 5.74) is 0.814. The van der Waals surface area contributed by atoms with Crippen molar-refractivity contribution in [3.8, 4) is 11.8 Å². The molecular formula is C20H21N3O5S. The molecule has 8 nitrogen and oxygen atoms in total. The second-order valence-electron chi connectivity index (χ2n) is 6.10. The molecular weight excluding hydrogens is 394 g/mol. The van der Waals surface area contributed by atoms with E-state index in [-0.39, 0.29) is 6.54 Å². The van der Waals surface area contributed by atoms with Crippen molar-refractivity contribution < 1.29 is 22.7 Å². The summed E-state index contributed by atoms with van der Waals surface area (Å²) in [6.07, 6.45) is 0. The number of rotatable bonds is 9. The van der Waals surface area contributed by atoms with Gasteiger partial charge in [0.25, 0.3) is 5.91 Å². The molecule has 2 aromatic rings. The second-order valence-corrected chi connectivity index (χ2v) is 8.28. The molecule has 0 heterocycles. The van der Waals surface area contributed by atoms with Crippen molar-refractivity contribution in [1.29, 1.82) is 5.26 Å². The molecule has 2 amide bonds. The van der Waals surface area contributed by atoms with Gasteiger partial charge >= 0.3 is 0 Å². The van der Waals surface area contributed by atoms with Crippen molar-refractivity contribution in [2.75, 3.05) is 20.2 Å². The quantitative estimate of drug-likeness (QED) is 0.590. The number of carbonyl (C=O) groups is 2. The van der Waals surface area contributed by atoms with Gasteiger partial charge in [-0.2, -0.15) is 5.26 Å². The zero-order valence-electron chi connectivity index (χ0n) is 15.8. The highest BCUT2D eigenvalue weighted by atomic mass is 32.2. The maximum absolute atomic E-state index is 12.9. The topological polar surface area (TPSA) is 125 Å². The van der Waals surface area contributed by atoms with E-state index < -0.39 is 39.2 Å². The predicted octanol–water partition coefficient (Wildman–Crippen LogP) is 1.05. The Bertz CT molecular complexity index is 983. The fourth-order valence-corrected chi connectivity index (χ4v) is 4.16. The maximum atomic E-state index is 12.9. The number of benzene rings is 2. The van der Waals surface area contributed by atoms with E-state index in [2.05, 4.69) is 10.6 Å². The number of sulfone groups is 1. The SMILES string of the molecule is COc1ccc(CS(=O)(=O)C(CNC(=O)c2ccccc2)C(=O)NCC#N)cc1. The van der Waals surface area contributed by atoms with Crippen LogP contribution in [0.25, 0.3) is 0 Å². The lowest BCUT2D eigenvalue weighted by atomic mass is 10.2. The maximum Gasteiger partial charge on any atom is 0.251 e. The molecule has 0 aliphatic heterocycles. The first-order valence-corrected chi connectivity index (χ1v) is 10.4. The fourth-order valence-electron chi connectivity index (χ4n) is 2.55. The lowest BCUT2D eigenvalue weighted by Gasteiger charge is -2.18. The summed E-state index contributed by atoms with van der Waals surface area (Å²) in [7, 11) is -2.48. The number of hydrogen-bond acceptors (Lipinski definition) is 6. The molecule has 0 saturated carbocycles. The van der Waals surface area contributed by atoms with Crippen molar-refractivity contribution in [2.24, 2.45) is 0 Å². The van der Waals surface area contributed by atoms with Gasteiger partial charge in [-0.05, 0) is 29.8 Å². The molecule has 2 N–H and O–H groups in total. The molecule has 29 heavy (non-hydrogen) atoms. The number of nitriles is 1. The van der Waals surface area contributed by atoms with E-state index in [1.165, 1.54) is 7.11 Å². The monoisotopic (exact) mass is 415 g/mol. The van der Waals surface area contributed by atoms with Crippen LogP contribution in [0.1, 0.15) is 15.9 Å². The zero-order chi connectivity index (χ0) is 21.3. The Kier molecular flexibility index (Phi) is 7.74. The Morgan fingerprint density at radius 2 is 1.72 bits per heavy atom. The first kappa shape index (κ1) is 21.9. The summed E-state index contributed by atoms with van der Waals surface area (Å²) in [6, 6.07) is 16.4. The number of hydrogen-bond donors (Lipinski definition) is 2. The Labute approximate surface area is 169 Å². The molecule has 0 aliphatic rings. The van der Waals surface area contributed by atoms with Gasteiger partial charge in [0.2, 0.25) is 5.91 Å². The minimum Gasteiger partial charge on any atom is -0.497 e. The Morgan fingerprint density at radius 3 is 2.31 bits per heavy atom. The highest BCUT2D eigenvalue weighted by Crippen LogP contribution is 2.16. The van der Waals surface area contributed by atoms with Gasteiger partial charge in [0.05, 0.1) is 18.9 Å². The van der Waals surface area contributed by atoms with E-state index in [1.54, 1.807) is 60.7 Å². The van der Waals surface area contributed by atoms with Crippen LogP contribution < -0.4 is 15.4 Å². The number of carbonyl (C=O) groups excluding carboxylic acids is 2. The van der Waals surface area contributed by atoms with Crippen molar-refractivity contribution >= 4 is 21.7 Å². The molecule has 0 aliphatic carbocycles. The van der Waals surface area contributed by atoms with Gasteiger partial charge in [-0.25, -0.2) is 8.42 Å². The molecule has 2 aromatic carbocycles. The first-order valence-electron chi connectivity index (χ1n) is 8.70. The van der Waals surface area contributed by atoms with Crippen LogP contribution in [-0.2, 0) is 20.4 Å². The Balaban J connectivity index is 2.17. The van der Waals surface area contributed by atoms with Crippen LogP contribution in [0, 0.1) is 11.3 Å². The summed E-state index contributed by atoms with van der Waals surface area (Å²) >= 11 is 0. The van der Waals surface area contributed by atoms with E-state index in [9.17, 15) is 18.0 Å². The molecule has 1 atom stereocenters. The minimum atomic E-state index is -3.98. The van der Waals surface area contributed by atoms with Crippen LogP contribution >= 0.6 is 0 Å². The Morgan fingerprint density at radius 1 is 1.07 bits per heavy atom. The third kappa shape index (κ3) is 6.33. The molecule has 0 bridgehead atoms. The molecule has 0 aromatic heterocycles. The summed E-state index contributed by atoms with van der Waals surface area (Å²) in [5, 5.41) is 11.9. The highest BCUT2D eigenvalue weighted by molar-refractivity contribution is 7.92. The molecule has 0 saturated heterocycles. The molecule has 9 heteroatoms. The van der Waals surface area contributed by atoms with Crippen LogP contribution in [-0.4, -0.2) is 45.7 Å². The van der Waals surface area contributed by atoms with Crippen molar-refractivity contribution in [3.63, 3.8) is 0 Å². The van der Waals surface area contributed by atoms with Crippen LogP contribution in [0.5, 0.6) is 5.75 Å². The summed E-state index contributed by atoms with van der Waals surface area (Å²) in [5.74, 6) is -1.16. The summed E-state index contributed by atoms with van der Waals surface area (Å²) < 4.78 is 30.8. The Hall–Kier alpha value is -3.38. The number of ether oxygens (including phenoxy) is 1. The molecule has 152 valence electrons. The first-order chi connectivity index (χ1) is 13.9. The van der Waals surface area contributed by atoms with Gasteiger partial charge in [-0.1, -0.05) is 30.3 Å². The van der Waals surface area contributed by atoms with E-state index in [0.29, 0.717) is 16.9 Å². The van der Waals surface area contributed by atoms with E-state index in [4.69, 9.17) is 10.00 Å². The number of nitrogens with one attached hydrogen (secondary N) is 2. The number of nitrogens with zero attached hydrogens (tertiary/aromatic N) is 1. The minimum absolute atomic E-state index is 0.333. The van der Waals surface area contributed by atoms with E-state index in [1.807, 2.05) is 0 Å². The van der Waals surface area contributed by atoms with Crippen LogP contribution in [0.3, 0.4) is 0 Å². The van der Waals surface area contributed by atoms with Crippen molar-refractivity contribution in [2.45, 2.75) is 11.0 Å². The summed E-state index contributed by atoms with van der Waals surface area (Å²) in [4.78, 5) is 24.6. The van der Waals surface area contributed by atoms with E-state index >= 15 is 0 Å². The van der Waals surface area contributed by atoms with Crippen LogP contribution in [0.15, 0.2) is 54.6 Å². The lowest BCUT2D eigenvalue weighted by molar-refractivity contribution is -0.120. The largest absolute Gasteiger partial charge is 0.497 e. The molecule has 1 unspecified atom stereocenters. The normalized spacial score (nSPS) is 11.7. The second kappa shape index (κ2) is 10.2. The van der Waals surface area contributed by atoms with Gasteiger partial charge in [0.15, 0.2) is 15.1 Å². The van der Waals surface area contributed by atoms with E-state index in [0.717, 1.165) is 0 Å². The van der Waals surface area contributed by atoms with Gasteiger partial charge in [-0.3, -0.25) is 9.59 Å². The van der Waals surface area contributed by atoms with Crippen LogP contribution in [0.4, 0.5) is 0 Å². The van der Waals surface area contributed by atoms with Crippen molar-refractivity contribution in [1.82, 2.24) is 10.6 Å². The molecule has 0 fully saturated rings. The average molecular weight is 415 g/mol. The highest BCUT2D eigenvalue weighted by Gasteiger charge is 2.33. The van der Waals surface area contributed by atoms with Gasteiger partial charge in [-0.15, -0.1) is 0 Å². The zero-order valence-corrected chi connectivity index (χ0v) is 16.6. The lowest BCUT2D eigenvalue weighted by Crippen LogP contribution is -2.47. The van der Waals surface area contributed by atoms with Gasteiger partial charge in [0, 0.05) is 12.1 Å². The molecule has 2 rings (SSSR count).